The average Bonchev–Trinajstić information content (AvgIpc) is 2.62. The summed E-state index contributed by atoms with van der Waals surface area (Å²) in [5.74, 6) is 1.09. The van der Waals surface area contributed by atoms with E-state index in [1.807, 2.05) is 38.1 Å². The lowest BCUT2D eigenvalue weighted by Gasteiger charge is -2.17. The molecule has 1 aromatic carbocycles. The van der Waals surface area contributed by atoms with Crippen LogP contribution in [0.25, 0.3) is 0 Å². The van der Waals surface area contributed by atoms with Gasteiger partial charge in [0.25, 0.3) is 5.91 Å². The average molecular weight is 344 g/mol. The fourth-order valence-corrected chi connectivity index (χ4v) is 2.27. The summed E-state index contributed by atoms with van der Waals surface area (Å²) < 4.78 is 16.0. The topological polar surface area (TPSA) is 69.7 Å². The molecule has 1 unspecified atom stereocenters. The van der Waals surface area contributed by atoms with Crippen molar-refractivity contribution in [2.24, 2.45) is 0 Å². The van der Waals surface area contributed by atoms with E-state index in [9.17, 15) is 4.79 Å². The zero-order chi connectivity index (χ0) is 18.2. The van der Waals surface area contributed by atoms with Gasteiger partial charge in [-0.1, -0.05) is 6.07 Å². The van der Waals surface area contributed by atoms with Crippen LogP contribution in [0, 0.1) is 6.92 Å². The van der Waals surface area contributed by atoms with Crippen molar-refractivity contribution in [3.8, 4) is 11.5 Å². The van der Waals surface area contributed by atoms with Gasteiger partial charge in [0.2, 0.25) is 0 Å². The van der Waals surface area contributed by atoms with E-state index < -0.39 is 0 Å². The highest BCUT2D eigenvalue weighted by Crippen LogP contribution is 2.30. The minimum Gasteiger partial charge on any atom is -0.493 e. The molecule has 0 bridgehead atoms. The van der Waals surface area contributed by atoms with Gasteiger partial charge in [0.15, 0.2) is 11.5 Å². The van der Waals surface area contributed by atoms with Gasteiger partial charge in [-0.05, 0) is 43.7 Å². The Morgan fingerprint density at radius 3 is 2.60 bits per heavy atom. The largest absolute Gasteiger partial charge is 0.493 e. The number of aryl methyl sites for hydroxylation is 1. The number of carbonyl (C=O) groups is 1. The number of nitrogens with one attached hydrogen (secondary N) is 1. The molecule has 0 saturated heterocycles. The number of benzene rings is 1. The molecule has 6 nitrogen and oxygen atoms in total. The number of pyridine rings is 1. The predicted octanol–water partition coefficient (Wildman–Crippen LogP) is 2.91. The van der Waals surface area contributed by atoms with Crippen molar-refractivity contribution < 1.29 is 19.0 Å². The van der Waals surface area contributed by atoms with Gasteiger partial charge in [-0.2, -0.15) is 0 Å². The number of rotatable bonds is 8. The Hall–Kier alpha value is -2.60. The maximum absolute atomic E-state index is 12.3. The van der Waals surface area contributed by atoms with Crippen LogP contribution in [0.2, 0.25) is 0 Å². The zero-order valence-electron chi connectivity index (χ0n) is 15.0. The lowest BCUT2D eigenvalue weighted by Crippen LogP contribution is -2.26. The second kappa shape index (κ2) is 9.03. The van der Waals surface area contributed by atoms with Crippen LogP contribution in [-0.4, -0.2) is 38.3 Å². The summed E-state index contributed by atoms with van der Waals surface area (Å²) in [5.41, 5.74) is 2.33. The number of methoxy groups -OCH3 is 2. The summed E-state index contributed by atoms with van der Waals surface area (Å²) in [5, 5.41) is 2.96. The number of ether oxygens (including phenoxy) is 3. The van der Waals surface area contributed by atoms with E-state index in [0.717, 1.165) is 11.3 Å². The van der Waals surface area contributed by atoms with Crippen LogP contribution in [0.3, 0.4) is 0 Å². The first-order valence-electron chi connectivity index (χ1n) is 8.08. The third-order valence-corrected chi connectivity index (χ3v) is 3.75. The molecule has 25 heavy (non-hydrogen) atoms. The van der Waals surface area contributed by atoms with Gasteiger partial charge in [0.1, 0.15) is 6.61 Å². The van der Waals surface area contributed by atoms with Crippen molar-refractivity contribution in [2.45, 2.75) is 19.9 Å². The number of aromatic nitrogens is 1. The quantitative estimate of drug-likeness (QED) is 0.746. The van der Waals surface area contributed by atoms with Crippen LogP contribution < -0.4 is 14.8 Å². The first kappa shape index (κ1) is 18.7. The maximum atomic E-state index is 12.3. The lowest BCUT2D eigenvalue weighted by molar-refractivity contribution is 0.0939. The normalized spacial score (nSPS) is 11.7. The van der Waals surface area contributed by atoms with E-state index in [-0.39, 0.29) is 11.9 Å². The molecule has 2 aromatic rings. The summed E-state index contributed by atoms with van der Waals surface area (Å²) in [6.45, 7) is 4.74. The van der Waals surface area contributed by atoms with Crippen molar-refractivity contribution in [2.75, 3.05) is 27.4 Å². The first-order valence-corrected chi connectivity index (χ1v) is 8.08. The molecule has 1 amide bonds. The van der Waals surface area contributed by atoms with E-state index in [1.165, 1.54) is 0 Å². The smallest absolute Gasteiger partial charge is 0.253 e. The van der Waals surface area contributed by atoms with Crippen molar-refractivity contribution >= 4 is 5.91 Å². The SMILES string of the molecule is COCCOc1ccc(C(C)NC(=O)c2ccc(C)nc2)cc1OC. The van der Waals surface area contributed by atoms with Crippen molar-refractivity contribution in [1.82, 2.24) is 10.3 Å². The molecule has 0 aliphatic carbocycles. The number of hydrogen-bond donors (Lipinski definition) is 1. The lowest BCUT2D eigenvalue weighted by atomic mass is 10.1. The van der Waals surface area contributed by atoms with Gasteiger partial charge in [0.05, 0.1) is 25.3 Å². The summed E-state index contributed by atoms with van der Waals surface area (Å²) >= 11 is 0. The molecule has 0 fully saturated rings. The Kier molecular flexibility index (Phi) is 6.77. The summed E-state index contributed by atoms with van der Waals surface area (Å²) in [4.78, 5) is 16.5. The minimum absolute atomic E-state index is 0.167. The van der Waals surface area contributed by atoms with Gasteiger partial charge in [-0.25, -0.2) is 0 Å². The van der Waals surface area contributed by atoms with Crippen molar-refractivity contribution in [3.05, 3.63) is 53.3 Å². The van der Waals surface area contributed by atoms with Crippen LogP contribution in [0.4, 0.5) is 0 Å². The standard InChI is InChI=1S/C19H24N2O4/c1-13-5-6-16(12-20-13)19(22)21-14(2)15-7-8-17(18(11-15)24-4)25-10-9-23-3/h5-8,11-12,14H,9-10H2,1-4H3,(H,21,22). The van der Waals surface area contributed by atoms with Gasteiger partial charge < -0.3 is 19.5 Å². The molecule has 0 radical (unpaired) electrons. The Balaban J connectivity index is 2.06. The Labute approximate surface area is 148 Å². The highest BCUT2D eigenvalue weighted by molar-refractivity contribution is 5.94. The second-order valence-electron chi connectivity index (χ2n) is 5.63. The Morgan fingerprint density at radius 1 is 1.16 bits per heavy atom. The van der Waals surface area contributed by atoms with Crippen LogP contribution in [0.15, 0.2) is 36.5 Å². The maximum Gasteiger partial charge on any atom is 0.253 e. The molecule has 1 atom stereocenters. The number of hydrogen-bond acceptors (Lipinski definition) is 5. The molecule has 1 N–H and O–H groups in total. The fraction of sp³-hybridized carbons (Fsp3) is 0.368. The molecular formula is C19H24N2O4. The highest BCUT2D eigenvalue weighted by Gasteiger charge is 2.14. The van der Waals surface area contributed by atoms with Crippen molar-refractivity contribution in [1.29, 1.82) is 0 Å². The molecule has 2 rings (SSSR count). The van der Waals surface area contributed by atoms with Gasteiger partial charge in [0, 0.05) is 19.0 Å². The zero-order valence-corrected chi connectivity index (χ0v) is 15.0. The van der Waals surface area contributed by atoms with E-state index in [2.05, 4.69) is 10.3 Å². The monoisotopic (exact) mass is 344 g/mol. The highest BCUT2D eigenvalue weighted by atomic mass is 16.5. The van der Waals surface area contributed by atoms with Crippen molar-refractivity contribution in [3.63, 3.8) is 0 Å². The molecule has 1 aromatic heterocycles. The first-order chi connectivity index (χ1) is 12.0. The van der Waals surface area contributed by atoms with E-state index in [4.69, 9.17) is 14.2 Å². The summed E-state index contributed by atoms with van der Waals surface area (Å²) in [7, 11) is 3.21. The summed E-state index contributed by atoms with van der Waals surface area (Å²) in [6.07, 6.45) is 1.57. The second-order valence-corrected chi connectivity index (χ2v) is 5.63. The molecule has 0 aliphatic heterocycles. The fourth-order valence-electron chi connectivity index (χ4n) is 2.27. The van der Waals surface area contributed by atoms with E-state index in [0.29, 0.717) is 30.3 Å². The Bertz CT molecular complexity index is 701. The van der Waals surface area contributed by atoms with Crippen LogP contribution in [0.1, 0.15) is 34.6 Å². The summed E-state index contributed by atoms with van der Waals surface area (Å²) in [6, 6.07) is 8.99. The van der Waals surface area contributed by atoms with Gasteiger partial charge >= 0.3 is 0 Å². The van der Waals surface area contributed by atoms with Gasteiger partial charge in [-0.3, -0.25) is 9.78 Å². The molecule has 1 heterocycles. The third kappa shape index (κ3) is 5.19. The number of nitrogens with zero attached hydrogens (tertiary/aromatic N) is 1. The number of amides is 1. The molecule has 0 saturated carbocycles. The molecule has 0 aliphatic rings. The van der Waals surface area contributed by atoms with Gasteiger partial charge in [-0.15, -0.1) is 0 Å². The third-order valence-electron chi connectivity index (χ3n) is 3.75. The number of carbonyl (C=O) groups excluding carboxylic acids is 1. The predicted molar refractivity (Wildman–Crippen MR) is 95.2 cm³/mol. The van der Waals surface area contributed by atoms with Crippen LogP contribution >= 0.6 is 0 Å². The molecule has 134 valence electrons. The van der Waals surface area contributed by atoms with E-state index >= 15 is 0 Å². The van der Waals surface area contributed by atoms with Crippen LogP contribution in [-0.2, 0) is 4.74 Å². The minimum atomic E-state index is -0.185. The molecule has 0 spiro atoms. The molecule has 6 heteroatoms. The Morgan fingerprint density at radius 2 is 1.96 bits per heavy atom. The van der Waals surface area contributed by atoms with Crippen LogP contribution in [0.5, 0.6) is 11.5 Å². The molecular weight excluding hydrogens is 320 g/mol. The van der Waals surface area contributed by atoms with E-state index in [1.54, 1.807) is 26.5 Å².